The Bertz CT molecular complexity index is 635. The van der Waals surface area contributed by atoms with E-state index in [1.54, 1.807) is 26.0 Å². The van der Waals surface area contributed by atoms with Crippen LogP contribution in [0.4, 0.5) is 0 Å². The molecular weight excluding hydrogens is 382 g/mol. The van der Waals surface area contributed by atoms with Crippen LogP contribution in [0.25, 0.3) is 0 Å². The summed E-state index contributed by atoms with van der Waals surface area (Å²) in [5.41, 5.74) is -0.666. The van der Waals surface area contributed by atoms with Crippen molar-refractivity contribution in [2.45, 2.75) is 30.4 Å². The lowest BCUT2D eigenvalue weighted by atomic mass is 10.1. The molecule has 1 aliphatic heterocycles. The molecule has 1 fully saturated rings. The average molecular weight is 399 g/mol. The van der Waals surface area contributed by atoms with Crippen molar-refractivity contribution in [1.82, 2.24) is 4.31 Å². The molecule has 0 aromatic heterocycles. The molecule has 0 bridgehead atoms. The van der Waals surface area contributed by atoms with Crippen LogP contribution in [0.2, 0.25) is 5.02 Å². The van der Waals surface area contributed by atoms with Crippen LogP contribution in [-0.4, -0.2) is 49.2 Å². The van der Waals surface area contributed by atoms with Crippen LogP contribution in [0, 0.1) is 0 Å². The van der Waals surface area contributed by atoms with Crippen molar-refractivity contribution < 1.29 is 18.3 Å². The SMILES string of the molecule is CC1(C)CN(S(=O)(=O)c2ccc(Br)cc2Cl)CC(CO)O1. The molecule has 1 aromatic carbocycles. The first kappa shape index (κ1) is 17.2. The second kappa shape index (κ2) is 6.14. The molecule has 0 aliphatic carbocycles. The van der Waals surface area contributed by atoms with Crippen molar-refractivity contribution in [3.63, 3.8) is 0 Å². The van der Waals surface area contributed by atoms with Gasteiger partial charge in [0, 0.05) is 17.6 Å². The number of hydrogen-bond acceptors (Lipinski definition) is 4. The quantitative estimate of drug-likeness (QED) is 0.848. The third-order valence-electron chi connectivity index (χ3n) is 3.17. The van der Waals surface area contributed by atoms with E-state index in [0.29, 0.717) is 4.47 Å². The normalized spacial score (nSPS) is 23.2. The summed E-state index contributed by atoms with van der Waals surface area (Å²) < 4.78 is 33.2. The summed E-state index contributed by atoms with van der Waals surface area (Å²) in [5.74, 6) is 0. The van der Waals surface area contributed by atoms with Gasteiger partial charge in [0.15, 0.2) is 0 Å². The molecule has 0 radical (unpaired) electrons. The monoisotopic (exact) mass is 397 g/mol. The Balaban J connectivity index is 2.38. The predicted octanol–water partition coefficient (Wildman–Crippen LogP) is 2.26. The van der Waals surface area contributed by atoms with E-state index in [2.05, 4.69) is 15.9 Å². The largest absolute Gasteiger partial charge is 0.394 e. The highest BCUT2D eigenvalue weighted by molar-refractivity contribution is 9.10. The topological polar surface area (TPSA) is 66.8 Å². The molecular formula is C13H17BrClNO4S. The smallest absolute Gasteiger partial charge is 0.244 e. The predicted molar refractivity (Wildman–Crippen MR) is 83.9 cm³/mol. The number of nitrogens with zero attached hydrogens (tertiary/aromatic N) is 1. The van der Waals surface area contributed by atoms with Crippen LogP contribution in [0.1, 0.15) is 13.8 Å². The number of benzene rings is 1. The maximum Gasteiger partial charge on any atom is 0.244 e. The van der Waals surface area contributed by atoms with Gasteiger partial charge in [0.05, 0.1) is 23.3 Å². The van der Waals surface area contributed by atoms with Gasteiger partial charge in [0.25, 0.3) is 0 Å². The third kappa shape index (κ3) is 3.78. The Hall–Kier alpha value is -0.180. The highest BCUT2D eigenvalue weighted by atomic mass is 79.9. The Morgan fingerprint density at radius 1 is 1.52 bits per heavy atom. The first-order valence-electron chi connectivity index (χ1n) is 6.39. The van der Waals surface area contributed by atoms with Gasteiger partial charge in [-0.3, -0.25) is 0 Å². The average Bonchev–Trinajstić information content (AvgIpc) is 2.36. The highest BCUT2D eigenvalue weighted by Crippen LogP contribution is 2.31. The Labute approximate surface area is 138 Å². The molecule has 118 valence electrons. The number of aliphatic hydroxyl groups is 1. The van der Waals surface area contributed by atoms with Crippen LogP contribution in [0.3, 0.4) is 0 Å². The van der Waals surface area contributed by atoms with Gasteiger partial charge in [-0.25, -0.2) is 8.42 Å². The molecule has 1 aromatic rings. The van der Waals surface area contributed by atoms with Gasteiger partial charge in [-0.2, -0.15) is 4.31 Å². The van der Waals surface area contributed by atoms with Crippen LogP contribution < -0.4 is 0 Å². The first-order valence-corrected chi connectivity index (χ1v) is 9.01. The number of halogens is 2. The van der Waals surface area contributed by atoms with Crippen LogP contribution >= 0.6 is 27.5 Å². The summed E-state index contributed by atoms with van der Waals surface area (Å²) in [4.78, 5) is 0.0572. The molecule has 1 aliphatic rings. The Kier molecular flexibility index (Phi) is 5.02. The summed E-state index contributed by atoms with van der Waals surface area (Å²) in [6, 6.07) is 4.65. The van der Waals surface area contributed by atoms with Crippen molar-refractivity contribution in [1.29, 1.82) is 0 Å². The zero-order chi connectivity index (χ0) is 15.8. The molecule has 0 amide bonds. The van der Waals surface area contributed by atoms with Crippen LogP contribution in [-0.2, 0) is 14.8 Å². The number of rotatable bonds is 3. The maximum absolute atomic E-state index is 12.8. The van der Waals surface area contributed by atoms with Crippen LogP contribution in [0.15, 0.2) is 27.6 Å². The Morgan fingerprint density at radius 2 is 2.19 bits per heavy atom. The molecule has 5 nitrogen and oxygen atoms in total. The Morgan fingerprint density at radius 3 is 2.76 bits per heavy atom. The zero-order valence-electron chi connectivity index (χ0n) is 11.7. The molecule has 2 rings (SSSR count). The zero-order valence-corrected chi connectivity index (χ0v) is 14.9. The lowest BCUT2D eigenvalue weighted by Gasteiger charge is -2.41. The lowest BCUT2D eigenvalue weighted by Crippen LogP contribution is -2.55. The van der Waals surface area contributed by atoms with Gasteiger partial charge in [-0.05, 0) is 32.0 Å². The van der Waals surface area contributed by atoms with Gasteiger partial charge < -0.3 is 9.84 Å². The number of sulfonamides is 1. The van der Waals surface area contributed by atoms with E-state index in [9.17, 15) is 13.5 Å². The van der Waals surface area contributed by atoms with Crippen molar-refractivity contribution in [2.75, 3.05) is 19.7 Å². The van der Waals surface area contributed by atoms with Gasteiger partial charge in [-0.1, -0.05) is 27.5 Å². The van der Waals surface area contributed by atoms with E-state index in [0.717, 1.165) is 0 Å². The van der Waals surface area contributed by atoms with Gasteiger partial charge in [-0.15, -0.1) is 0 Å². The lowest BCUT2D eigenvalue weighted by molar-refractivity contribution is -0.131. The molecule has 0 spiro atoms. The fourth-order valence-corrected chi connectivity index (χ4v) is 4.98. The molecule has 8 heteroatoms. The minimum Gasteiger partial charge on any atom is -0.394 e. The standard InChI is InChI=1S/C13H17BrClNO4S/c1-13(2)8-16(6-10(7-17)20-13)21(18,19)12-4-3-9(14)5-11(12)15/h3-5,10,17H,6-8H2,1-2H3. The van der Waals surface area contributed by atoms with Gasteiger partial charge in [0.1, 0.15) is 4.90 Å². The van der Waals surface area contributed by atoms with E-state index >= 15 is 0 Å². The number of aliphatic hydroxyl groups excluding tert-OH is 1. The fourth-order valence-electron chi connectivity index (χ4n) is 2.34. The van der Waals surface area contributed by atoms with Crippen molar-refractivity contribution in [2.24, 2.45) is 0 Å². The van der Waals surface area contributed by atoms with Crippen LogP contribution in [0.5, 0.6) is 0 Å². The molecule has 1 saturated heterocycles. The number of ether oxygens (including phenoxy) is 1. The number of morpholine rings is 1. The third-order valence-corrected chi connectivity index (χ3v) is 5.95. The van der Waals surface area contributed by atoms with Gasteiger partial charge in [0.2, 0.25) is 10.0 Å². The number of hydrogen-bond donors (Lipinski definition) is 1. The minimum atomic E-state index is -3.73. The molecule has 1 heterocycles. The van der Waals surface area contributed by atoms with Crippen molar-refractivity contribution >= 4 is 37.6 Å². The fraction of sp³-hybridized carbons (Fsp3) is 0.538. The van der Waals surface area contributed by atoms with Crippen molar-refractivity contribution in [3.8, 4) is 0 Å². The highest BCUT2D eigenvalue weighted by Gasteiger charge is 2.39. The summed E-state index contributed by atoms with van der Waals surface area (Å²) in [7, 11) is -3.73. The summed E-state index contributed by atoms with van der Waals surface area (Å²) in [6.07, 6.45) is -0.544. The van der Waals surface area contributed by atoms with E-state index < -0.39 is 21.7 Å². The van der Waals surface area contributed by atoms with E-state index in [1.807, 2.05) is 0 Å². The molecule has 1 unspecified atom stereocenters. The van der Waals surface area contributed by atoms with E-state index in [4.69, 9.17) is 16.3 Å². The molecule has 21 heavy (non-hydrogen) atoms. The molecule has 1 atom stereocenters. The minimum absolute atomic E-state index is 0.0572. The summed E-state index contributed by atoms with van der Waals surface area (Å²) >= 11 is 9.31. The van der Waals surface area contributed by atoms with E-state index in [1.165, 1.54) is 10.4 Å². The van der Waals surface area contributed by atoms with Crippen molar-refractivity contribution in [3.05, 3.63) is 27.7 Å². The second-order valence-electron chi connectivity index (χ2n) is 5.55. The summed E-state index contributed by atoms with van der Waals surface area (Å²) in [5, 5.41) is 9.45. The molecule has 0 saturated carbocycles. The molecule has 1 N–H and O–H groups in total. The maximum atomic E-state index is 12.8. The second-order valence-corrected chi connectivity index (χ2v) is 8.78. The summed E-state index contributed by atoms with van der Waals surface area (Å²) in [6.45, 7) is 3.66. The van der Waals surface area contributed by atoms with Gasteiger partial charge >= 0.3 is 0 Å². The van der Waals surface area contributed by atoms with E-state index in [-0.39, 0.29) is 29.6 Å². The first-order chi connectivity index (χ1) is 9.65.